The number of carbonyl (C=O) groups excluding carboxylic acids is 1. The monoisotopic (exact) mass is 286 g/mol. The number of esters is 1. The van der Waals surface area contributed by atoms with Gasteiger partial charge >= 0.3 is 5.97 Å². The second kappa shape index (κ2) is 7.06. The molecule has 0 radical (unpaired) electrons. The van der Waals surface area contributed by atoms with Gasteiger partial charge in [-0.25, -0.2) is 4.79 Å². The average molecular weight is 287 g/mol. The van der Waals surface area contributed by atoms with E-state index in [4.69, 9.17) is 8.85 Å². The first-order chi connectivity index (χ1) is 8.18. The molecule has 1 unspecified atom stereocenters. The van der Waals surface area contributed by atoms with E-state index in [1.54, 1.807) is 0 Å². The maximum absolute atomic E-state index is 11.4. The Bertz CT molecular complexity index is 311. The fourth-order valence-electron chi connectivity index (χ4n) is 1.78. The fraction of sp³-hybridized carbons (Fsp3) is 0.615. The van der Waals surface area contributed by atoms with E-state index in [0.29, 0.717) is 0 Å². The van der Waals surface area contributed by atoms with E-state index >= 15 is 0 Å². The van der Waals surface area contributed by atoms with Crippen LogP contribution in [0.3, 0.4) is 0 Å². The van der Waals surface area contributed by atoms with Crippen molar-refractivity contribution in [2.24, 2.45) is 0 Å². The van der Waals surface area contributed by atoms with Crippen molar-refractivity contribution >= 4 is 22.6 Å². The van der Waals surface area contributed by atoms with Crippen LogP contribution in [0, 0.1) is 0 Å². The van der Waals surface area contributed by atoms with Crippen molar-refractivity contribution in [2.45, 2.75) is 51.7 Å². The maximum atomic E-state index is 11.4. The van der Waals surface area contributed by atoms with Crippen LogP contribution in [0.2, 0.25) is 26.2 Å². The third kappa shape index (κ3) is 5.79. The van der Waals surface area contributed by atoms with Gasteiger partial charge in [0.05, 0.1) is 0 Å². The van der Waals surface area contributed by atoms with Crippen LogP contribution < -0.4 is 0 Å². The molecule has 0 aromatic carbocycles. The van der Waals surface area contributed by atoms with Crippen molar-refractivity contribution in [1.82, 2.24) is 0 Å². The van der Waals surface area contributed by atoms with Gasteiger partial charge in [-0.1, -0.05) is 25.6 Å². The van der Waals surface area contributed by atoms with Crippen LogP contribution in [0.5, 0.6) is 0 Å². The lowest BCUT2D eigenvalue weighted by Crippen LogP contribution is -2.53. The highest BCUT2D eigenvalue weighted by atomic mass is 28.4. The first-order valence-electron chi connectivity index (χ1n) is 6.35. The lowest BCUT2D eigenvalue weighted by Gasteiger charge is -2.37. The van der Waals surface area contributed by atoms with E-state index < -0.39 is 16.6 Å². The van der Waals surface area contributed by atoms with Gasteiger partial charge in [0.15, 0.2) is 8.32 Å². The summed E-state index contributed by atoms with van der Waals surface area (Å²) < 4.78 is 11.7. The molecule has 0 saturated heterocycles. The first-order valence-corrected chi connectivity index (χ1v) is 12.3. The lowest BCUT2D eigenvalue weighted by atomic mass is 10.3. The molecule has 0 bridgehead atoms. The van der Waals surface area contributed by atoms with Crippen LogP contribution in [-0.4, -0.2) is 28.3 Å². The molecule has 1 atom stereocenters. The molecule has 0 N–H and O–H groups in total. The van der Waals surface area contributed by atoms with Crippen molar-refractivity contribution in [2.75, 3.05) is 0 Å². The molecule has 0 saturated carbocycles. The van der Waals surface area contributed by atoms with Gasteiger partial charge in [-0.3, -0.25) is 0 Å². The van der Waals surface area contributed by atoms with Crippen LogP contribution >= 0.6 is 0 Å². The summed E-state index contributed by atoms with van der Waals surface area (Å²) in [4.78, 5) is 11.4. The SMILES string of the molecule is C=CC(=O)OC(CCC)[Si](C)(C)O[Si](C)(C)C=C. The van der Waals surface area contributed by atoms with Crippen LogP contribution in [0.15, 0.2) is 24.9 Å². The zero-order valence-electron chi connectivity index (χ0n) is 12.3. The standard InChI is InChI=1S/C13H26O3Si2/c1-8-11-13(15-12(14)9-2)18(6,7)16-17(4,5)10-3/h9-10,13H,2-3,8,11H2,1,4-7H3. The minimum atomic E-state index is -2.09. The van der Waals surface area contributed by atoms with E-state index in [9.17, 15) is 4.79 Å². The number of hydrogen-bond donors (Lipinski definition) is 0. The zero-order chi connectivity index (χ0) is 14.4. The highest BCUT2D eigenvalue weighted by Gasteiger charge is 2.40. The largest absolute Gasteiger partial charge is 0.460 e. The Morgan fingerprint density at radius 1 is 1.28 bits per heavy atom. The summed E-state index contributed by atoms with van der Waals surface area (Å²) in [5.74, 6) is -0.365. The van der Waals surface area contributed by atoms with Crippen molar-refractivity contribution in [3.63, 3.8) is 0 Å². The molecule has 0 aromatic rings. The van der Waals surface area contributed by atoms with E-state index in [0.717, 1.165) is 12.8 Å². The molecule has 3 nitrogen and oxygen atoms in total. The number of hydrogen-bond acceptors (Lipinski definition) is 3. The Morgan fingerprint density at radius 2 is 1.83 bits per heavy atom. The quantitative estimate of drug-likeness (QED) is 0.389. The number of carbonyl (C=O) groups is 1. The molecular weight excluding hydrogens is 260 g/mol. The third-order valence-electron chi connectivity index (χ3n) is 2.77. The minimum Gasteiger partial charge on any atom is -0.460 e. The Kier molecular flexibility index (Phi) is 6.80. The van der Waals surface area contributed by atoms with Crippen LogP contribution in [0.1, 0.15) is 19.8 Å². The second-order valence-corrected chi connectivity index (χ2v) is 13.7. The summed E-state index contributed by atoms with van der Waals surface area (Å²) in [7, 11) is -3.95. The van der Waals surface area contributed by atoms with Crippen molar-refractivity contribution in [3.8, 4) is 0 Å². The van der Waals surface area contributed by atoms with Gasteiger partial charge in [0.25, 0.3) is 0 Å². The molecule has 0 aromatic heterocycles. The molecule has 0 fully saturated rings. The van der Waals surface area contributed by atoms with Gasteiger partial charge in [-0.2, -0.15) is 0 Å². The summed E-state index contributed by atoms with van der Waals surface area (Å²) in [5, 5.41) is 0. The molecule has 0 aliphatic heterocycles. The fourth-order valence-corrected chi connectivity index (χ4v) is 9.45. The van der Waals surface area contributed by atoms with Crippen LogP contribution in [0.4, 0.5) is 0 Å². The summed E-state index contributed by atoms with van der Waals surface area (Å²) in [6.07, 6.45) is 3.01. The molecule has 18 heavy (non-hydrogen) atoms. The topological polar surface area (TPSA) is 35.5 Å². The van der Waals surface area contributed by atoms with Gasteiger partial charge in [0, 0.05) is 6.08 Å². The molecule has 5 heteroatoms. The molecule has 0 aliphatic carbocycles. The van der Waals surface area contributed by atoms with Crippen molar-refractivity contribution < 1.29 is 13.6 Å². The van der Waals surface area contributed by atoms with E-state index in [-0.39, 0.29) is 11.7 Å². The Labute approximate surface area is 113 Å². The minimum absolute atomic E-state index is 0.125. The summed E-state index contributed by atoms with van der Waals surface area (Å²) in [6, 6.07) is 0. The molecule has 0 heterocycles. The third-order valence-corrected chi connectivity index (χ3v) is 9.92. The Balaban J connectivity index is 4.90. The van der Waals surface area contributed by atoms with E-state index in [2.05, 4.69) is 46.3 Å². The first kappa shape index (κ1) is 17.3. The predicted molar refractivity (Wildman–Crippen MR) is 81.2 cm³/mol. The van der Waals surface area contributed by atoms with Crippen LogP contribution in [-0.2, 0) is 13.6 Å². The van der Waals surface area contributed by atoms with Gasteiger partial charge in [-0.05, 0) is 32.6 Å². The Hall–Kier alpha value is -0.656. The molecular formula is C13H26O3Si2. The number of rotatable bonds is 8. The molecule has 0 spiro atoms. The van der Waals surface area contributed by atoms with Gasteiger partial charge in [0.2, 0.25) is 8.32 Å². The highest BCUT2D eigenvalue weighted by Crippen LogP contribution is 2.23. The molecule has 0 rings (SSSR count). The molecule has 104 valence electrons. The zero-order valence-corrected chi connectivity index (χ0v) is 14.3. The normalized spacial score (nSPS) is 13.8. The highest BCUT2D eigenvalue weighted by molar-refractivity contribution is 6.87. The van der Waals surface area contributed by atoms with Gasteiger partial charge < -0.3 is 8.85 Å². The average Bonchev–Trinajstić information content (AvgIpc) is 2.27. The summed E-state index contributed by atoms with van der Waals surface area (Å²) in [6.45, 7) is 17.8. The lowest BCUT2D eigenvalue weighted by molar-refractivity contribution is -0.140. The van der Waals surface area contributed by atoms with E-state index in [1.165, 1.54) is 6.08 Å². The van der Waals surface area contributed by atoms with Crippen molar-refractivity contribution in [1.29, 1.82) is 0 Å². The second-order valence-electron chi connectivity index (χ2n) is 5.43. The molecule has 0 aliphatic rings. The van der Waals surface area contributed by atoms with Crippen molar-refractivity contribution in [3.05, 3.63) is 24.9 Å². The summed E-state index contributed by atoms with van der Waals surface area (Å²) >= 11 is 0. The maximum Gasteiger partial charge on any atom is 0.330 e. The Morgan fingerprint density at radius 3 is 2.22 bits per heavy atom. The summed E-state index contributed by atoms with van der Waals surface area (Å²) in [5.41, 5.74) is 1.79. The predicted octanol–water partition coefficient (Wildman–Crippen LogP) is 3.58. The van der Waals surface area contributed by atoms with E-state index in [1.807, 2.05) is 5.70 Å². The van der Waals surface area contributed by atoms with Gasteiger partial charge in [0.1, 0.15) is 5.73 Å². The smallest absolute Gasteiger partial charge is 0.330 e. The molecule has 0 amide bonds. The van der Waals surface area contributed by atoms with Crippen LogP contribution in [0.25, 0.3) is 0 Å². The van der Waals surface area contributed by atoms with Gasteiger partial charge in [-0.15, -0.1) is 6.58 Å². The number of ether oxygens (including phenoxy) is 1.